The number of rotatable bonds is 8. The second-order valence-corrected chi connectivity index (χ2v) is 8.50. The van der Waals surface area contributed by atoms with Crippen molar-refractivity contribution in [3.63, 3.8) is 0 Å². The monoisotopic (exact) mass is 446 g/mol. The van der Waals surface area contributed by atoms with E-state index in [9.17, 15) is 14.4 Å². The van der Waals surface area contributed by atoms with Crippen LogP contribution in [0.1, 0.15) is 44.1 Å². The highest BCUT2D eigenvalue weighted by Gasteiger charge is 2.34. The molecule has 2 fully saturated rings. The van der Waals surface area contributed by atoms with E-state index >= 15 is 0 Å². The highest BCUT2D eigenvalue weighted by atomic mass is 16.5. The molecule has 3 rings (SSSR count). The van der Waals surface area contributed by atoms with Crippen LogP contribution in [0, 0.1) is 5.92 Å². The Morgan fingerprint density at radius 3 is 2.59 bits per heavy atom. The molecule has 0 spiro atoms. The maximum absolute atomic E-state index is 13.2. The summed E-state index contributed by atoms with van der Waals surface area (Å²) in [7, 11) is 2.95. The minimum Gasteiger partial charge on any atom is -0.497 e. The van der Waals surface area contributed by atoms with Gasteiger partial charge in [-0.05, 0) is 30.5 Å². The molecule has 176 valence electrons. The van der Waals surface area contributed by atoms with Gasteiger partial charge in [-0.2, -0.15) is 0 Å². The molecule has 1 saturated heterocycles. The van der Waals surface area contributed by atoms with Crippen LogP contribution in [-0.2, 0) is 30.5 Å². The van der Waals surface area contributed by atoms with Crippen LogP contribution in [0.15, 0.2) is 24.3 Å². The number of benzene rings is 1. The van der Waals surface area contributed by atoms with Crippen LogP contribution >= 0.6 is 0 Å². The van der Waals surface area contributed by atoms with Gasteiger partial charge in [0, 0.05) is 25.6 Å². The van der Waals surface area contributed by atoms with E-state index in [2.05, 4.69) is 0 Å². The predicted octanol–water partition coefficient (Wildman–Crippen LogP) is 2.39. The van der Waals surface area contributed by atoms with Crippen molar-refractivity contribution in [3.05, 3.63) is 29.8 Å². The van der Waals surface area contributed by atoms with Gasteiger partial charge >= 0.3 is 5.97 Å². The summed E-state index contributed by atoms with van der Waals surface area (Å²) in [5.74, 6) is 0.243. The van der Waals surface area contributed by atoms with Gasteiger partial charge in [-0.15, -0.1) is 0 Å². The summed E-state index contributed by atoms with van der Waals surface area (Å²) in [6.07, 6.45) is 4.80. The lowest BCUT2D eigenvalue weighted by Crippen LogP contribution is -2.43. The Labute approximate surface area is 189 Å². The molecular weight excluding hydrogens is 412 g/mol. The fourth-order valence-corrected chi connectivity index (χ4v) is 4.38. The molecule has 0 bridgehead atoms. The highest BCUT2D eigenvalue weighted by molar-refractivity contribution is 5.86. The van der Waals surface area contributed by atoms with Gasteiger partial charge < -0.3 is 24.0 Å². The topological polar surface area (TPSA) is 85.4 Å². The molecule has 1 atom stereocenters. The van der Waals surface area contributed by atoms with E-state index in [1.54, 1.807) is 16.9 Å². The lowest BCUT2D eigenvalue weighted by molar-refractivity contribution is -0.144. The first-order valence-corrected chi connectivity index (χ1v) is 11.4. The van der Waals surface area contributed by atoms with E-state index in [1.807, 2.05) is 24.3 Å². The van der Waals surface area contributed by atoms with Crippen molar-refractivity contribution in [3.8, 4) is 5.75 Å². The maximum Gasteiger partial charge on any atom is 0.307 e. The number of ether oxygens (including phenoxy) is 3. The third-order valence-corrected chi connectivity index (χ3v) is 6.23. The molecule has 0 aromatic heterocycles. The second kappa shape index (κ2) is 11.9. The largest absolute Gasteiger partial charge is 0.497 e. The van der Waals surface area contributed by atoms with Crippen molar-refractivity contribution < 1.29 is 28.6 Å². The quantitative estimate of drug-likeness (QED) is 0.570. The van der Waals surface area contributed by atoms with Gasteiger partial charge in [0.25, 0.3) is 0 Å². The highest BCUT2D eigenvalue weighted by Crippen LogP contribution is 2.26. The average molecular weight is 447 g/mol. The standard InChI is InChI=1S/C24H34N2O6/c1-30-20-10-6-7-18(13-20)17-32-21-14-25(12-11-23(28)31-2)22(27)16-26(15-21)24(29)19-8-4-3-5-9-19/h6-7,10,13,19,21H,3-5,8-9,11-12,14-17H2,1-2H3. The Morgan fingerprint density at radius 2 is 1.88 bits per heavy atom. The number of methoxy groups -OCH3 is 2. The Bertz CT molecular complexity index is 792. The third kappa shape index (κ3) is 6.69. The Balaban J connectivity index is 1.70. The molecule has 0 N–H and O–H groups in total. The predicted molar refractivity (Wildman–Crippen MR) is 118 cm³/mol. The Hall–Kier alpha value is -2.61. The summed E-state index contributed by atoms with van der Waals surface area (Å²) in [4.78, 5) is 41.0. The molecule has 1 heterocycles. The smallest absolute Gasteiger partial charge is 0.307 e. The van der Waals surface area contributed by atoms with Gasteiger partial charge in [-0.3, -0.25) is 14.4 Å². The zero-order chi connectivity index (χ0) is 22.9. The lowest BCUT2D eigenvalue weighted by atomic mass is 9.88. The normalized spacial score (nSPS) is 20.1. The summed E-state index contributed by atoms with van der Waals surface area (Å²) in [5, 5.41) is 0. The van der Waals surface area contributed by atoms with Crippen LogP contribution in [0.4, 0.5) is 0 Å². The number of hydrogen-bond donors (Lipinski definition) is 0. The van der Waals surface area contributed by atoms with Crippen molar-refractivity contribution in [2.75, 3.05) is 40.4 Å². The molecule has 2 aliphatic rings. The second-order valence-electron chi connectivity index (χ2n) is 8.50. The number of carbonyl (C=O) groups is 3. The molecule has 8 nitrogen and oxygen atoms in total. The maximum atomic E-state index is 13.2. The first-order chi connectivity index (χ1) is 15.5. The first kappa shape index (κ1) is 24.0. The summed E-state index contributed by atoms with van der Waals surface area (Å²) in [5.41, 5.74) is 0.950. The van der Waals surface area contributed by atoms with Crippen molar-refractivity contribution >= 4 is 17.8 Å². The molecule has 1 aliphatic carbocycles. The number of nitrogens with zero attached hydrogens (tertiary/aromatic N) is 2. The van der Waals surface area contributed by atoms with E-state index in [1.165, 1.54) is 7.11 Å². The molecular formula is C24H34N2O6. The number of carbonyl (C=O) groups excluding carboxylic acids is 3. The first-order valence-electron chi connectivity index (χ1n) is 11.4. The number of amides is 2. The van der Waals surface area contributed by atoms with E-state index in [0.29, 0.717) is 19.7 Å². The van der Waals surface area contributed by atoms with Gasteiger partial charge in [-0.1, -0.05) is 31.4 Å². The molecule has 1 aromatic carbocycles. The Kier molecular flexibility index (Phi) is 8.90. The van der Waals surface area contributed by atoms with Gasteiger partial charge in [0.2, 0.25) is 11.8 Å². The van der Waals surface area contributed by atoms with Gasteiger partial charge in [-0.25, -0.2) is 0 Å². The van der Waals surface area contributed by atoms with E-state index in [-0.39, 0.29) is 49.3 Å². The molecule has 8 heteroatoms. The van der Waals surface area contributed by atoms with Crippen LogP contribution < -0.4 is 4.74 Å². The zero-order valence-electron chi connectivity index (χ0n) is 19.1. The zero-order valence-corrected chi connectivity index (χ0v) is 19.1. The molecule has 2 amide bonds. The van der Waals surface area contributed by atoms with Crippen molar-refractivity contribution in [2.45, 2.75) is 51.2 Å². The van der Waals surface area contributed by atoms with E-state index in [4.69, 9.17) is 14.2 Å². The summed E-state index contributed by atoms with van der Waals surface area (Å²) >= 11 is 0. The molecule has 1 aromatic rings. The van der Waals surface area contributed by atoms with Gasteiger partial charge in [0.05, 0.1) is 39.9 Å². The molecule has 1 aliphatic heterocycles. The van der Waals surface area contributed by atoms with Crippen LogP contribution in [0.5, 0.6) is 5.75 Å². The fraction of sp³-hybridized carbons (Fsp3) is 0.625. The van der Waals surface area contributed by atoms with Gasteiger partial charge in [0.15, 0.2) is 0 Å². The fourth-order valence-electron chi connectivity index (χ4n) is 4.38. The van der Waals surface area contributed by atoms with Crippen molar-refractivity contribution in [1.29, 1.82) is 0 Å². The summed E-state index contributed by atoms with van der Waals surface area (Å²) in [6.45, 7) is 1.30. The van der Waals surface area contributed by atoms with E-state index in [0.717, 1.165) is 43.4 Å². The van der Waals surface area contributed by atoms with Crippen molar-refractivity contribution in [1.82, 2.24) is 9.80 Å². The van der Waals surface area contributed by atoms with Crippen LogP contribution in [0.3, 0.4) is 0 Å². The minimum atomic E-state index is -0.369. The third-order valence-electron chi connectivity index (χ3n) is 6.23. The van der Waals surface area contributed by atoms with Crippen LogP contribution in [0.2, 0.25) is 0 Å². The number of hydrogen-bond acceptors (Lipinski definition) is 6. The SMILES string of the molecule is COC(=O)CCN1CC(OCc2cccc(OC)c2)CN(C(=O)C2CCCCC2)CC1=O. The molecule has 1 unspecified atom stereocenters. The molecule has 32 heavy (non-hydrogen) atoms. The van der Waals surface area contributed by atoms with Crippen LogP contribution in [-0.4, -0.2) is 74.1 Å². The number of esters is 1. The minimum absolute atomic E-state index is 0.0165. The van der Waals surface area contributed by atoms with Gasteiger partial charge in [0.1, 0.15) is 5.75 Å². The molecule has 1 saturated carbocycles. The van der Waals surface area contributed by atoms with E-state index < -0.39 is 0 Å². The lowest BCUT2D eigenvalue weighted by Gasteiger charge is -2.29. The summed E-state index contributed by atoms with van der Waals surface area (Å²) in [6, 6.07) is 7.62. The Morgan fingerprint density at radius 1 is 1.09 bits per heavy atom. The summed E-state index contributed by atoms with van der Waals surface area (Å²) < 4.78 is 16.2. The van der Waals surface area contributed by atoms with Crippen LogP contribution in [0.25, 0.3) is 0 Å². The molecule has 0 radical (unpaired) electrons. The average Bonchev–Trinajstić information content (AvgIpc) is 2.99. The van der Waals surface area contributed by atoms with Crippen molar-refractivity contribution in [2.24, 2.45) is 5.92 Å².